The Morgan fingerprint density at radius 3 is 2.18 bits per heavy atom. The molecule has 0 aromatic heterocycles. The first-order valence-electron chi connectivity index (χ1n) is 3.15. The fourth-order valence-corrected chi connectivity index (χ4v) is 0.975. The van der Waals surface area contributed by atoms with Gasteiger partial charge in [-0.25, -0.2) is 0 Å². The summed E-state index contributed by atoms with van der Waals surface area (Å²) in [6, 6.07) is 0. The molecule has 0 aromatic rings. The maximum absolute atomic E-state index is 9.02. The number of hydrogen-bond donors (Lipinski definition) is 5. The minimum absolute atomic E-state index is 0.502. The van der Waals surface area contributed by atoms with Crippen LogP contribution in [-0.4, -0.2) is 51.3 Å². The van der Waals surface area contributed by atoms with Crippen molar-refractivity contribution in [2.24, 2.45) is 5.73 Å². The van der Waals surface area contributed by atoms with Crippen LogP contribution in [0, 0.1) is 0 Å². The SMILES string of the molecule is NC1(O)O[C@H](CO)[C@@H](O)[C@H]1O. The van der Waals surface area contributed by atoms with Crippen molar-refractivity contribution < 1.29 is 25.2 Å². The van der Waals surface area contributed by atoms with Gasteiger partial charge >= 0.3 is 0 Å². The molecule has 6 N–H and O–H groups in total. The minimum Gasteiger partial charge on any atom is -0.394 e. The van der Waals surface area contributed by atoms with E-state index in [1.807, 2.05) is 0 Å². The Morgan fingerprint density at radius 2 is 2.00 bits per heavy atom. The quantitative estimate of drug-likeness (QED) is 0.260. The zero-order chi connectivity index (χ0) is 8.65. The second-order valence-corrected chi connectivity index (χ2v) is 2.53. The molecule has 1 aliphatic rings. The monoisotopic (exact) mass is 165 g/mol. The average Bonchev–Trinajstić information content (AvgIpc) is 2.13. The van der Waals surface area contributed by atoms with E-state index in [9.17, 15) is 0 Å². The van der Waals surface area contributed by atoms with Crippen molar-refractivity contribution in [2.45, 2.75) is 24.2 Å². The molecular weight excluding hydrogens is 154 g/mol. The first-order valence-corrected chi connectivity index (χ1v) is 3.15. The number of aliphatic hydroxyl groups excluding tert-OH is 3. The Balaban J connectivity index is 2.69. The van der Waals surface area contributed by atoms with Crippen molar-refractivity contribution in [1.82, 2.24) is 0 Å². The highest BCUT2D eigenvalue weighted by atomic mass is 16.7. The van der Waals surface area contributed by atoms with Crippen molar-refractivity contribution in [3.8, 4) is 0 Å². The summed E-state index contributed by atoms with van der Waals surface area (Å²) in [5.41, 5.74) is 4.99. The van der Waals surface area contributed by atoms with Crippen LogP contribution in [0.15, 0.2) is 0 Å². The molecule has 0 saturated carbocycles. The zero-order valence-electron chi connectivity index (χ0n) is 5.71. The third-order valence-electron chi connectivity index (χ3n) is 1.65. The molecule has 0 bridgehead atoms. The highest BCUT2D eigenvalue weighted by Crippen LogP contribution is 2.24. The average molecular weight is 165 g/mol. The largest absolute Gasteiger partial charge is 0.394 e. The number of hydrogen-bond acceptors (Lipinski definition) is 6. The van der Waals surface area contributed by atoms with E-state index < -0.39 is 30.8 Å². The number of aliphatic hydroxyl groups is 4. The molecule has 6 heteroatoms. The van der Waals surface area contributed by atoms with Crippen LogP contribution >= 0.6 is 0 Å². The van der Waals surface area contributed by atoms with Gasteiger partial charge in [0.2, 0.25) is 0 Å². The molecule has 11 heavy (non-hydrogen) atoms. The Morgan fingerprint density at radius 1 is 1.45 bits per heavy atom. The Labute approximate surface area is 62.8 Å². The summed E-state index contributed by atoms with van der Waals surface area (Å²) < 4.78 is 4.51. The minimum atomic E-state index is -2.26. The Kier molecular flexibility index (Phi) is 2.15. The summed E-state index contributed by atoms with van der Waals surface area (Å²) in [7, 11) is 0. The van der Waals surface area contributed by atoms with E-state index in [0.29, 0.717) is 0 Å². The van der Waals surface area contributed by atoms with Crippen molar-refractivity contribution in [1.29, 1.82) is 0 Å². The van der Waals surface area contributed by atoms with Gasteiger partial charge in [0, 0.05) is 0 Å². The van der Waals surface area contributed by atoms with Crippen LogP contribution in [0.25, 0.3) is 0 Å². The molecule has 1 fully saturated rings. The van der Waals surface area contributed by atoms with E-state index in [4.69, 9.17) is 26.2 Å². The van der Waals surface area contributed by atoms with Crippen LogP contribution in [0.4, 0.5) is 0 Å². The molecule has 1 heterocycles. The van der Waals surface area contributed by atoms with Gasteiger partial charge in [-0.3, -0.25) is 5.73 Å². The first-order chi connectivity index (χ1) is 4.99. The molecule has 0 radical (unpaired) electrons. The molecule has 1 unspecified atom stereocenters. The maximum Gasteiger partial charge on any atom is 0.252 e. The number of ether oxygens (including phenoxy) is 1. The van der Waals surface area contributed by atoms with Crippen molar-refractivity contribution in [2.75, 3.05) is 6.61 Å². The first kappa shape index (κ1) is 8.85. The fraction of sp³-hybridized carbons (Fsp3) is 1.00. The summed E-state index contributed by atoms with van der Waals surface area (Å²) in [5, 5.41) is 35.5. The molecule has 6 nitrogen and oxygen atoms in total. The molecular formula is C5H11NO5. The molecule has 66 valence electrons. The van der Waals surface area contributed by atoms with Gasteiger partial charge in [-0.05, 0) is 0 Å². The van der Waals surface area contributed by atoms with E-state index in [2.05, 4.69) is 4.74 Å². The molecule has 0 aromatic carbocycles. The summed E-state index contributed by atoms with van der Waals surface area (Å²) >= 11 is 0. The highest BCUT2D eigenvalue weighted by molar-refractivity contribution is 4.91. The van der Waals surface area contributed by atoms with Crippen molar-refractivity contribution in [3.63, 3.8) is 0 Å². The van der Waals surface area contributed by atoms with E-state index in [1.165, 1.54) is 0 Å². The topological polar surface area (TPSA) is 116 Å². The van der Waals surface area contributed by atoms with Gasteiger partial charge < -0.3 is 25.2 Å². The lowest BCUT2D eigenvalue weighted by Crippen LogP contribution is -2.50. The van der Waals surface area contributed by atoms with Gasteiger partial charge in [-0.2, -0.15) is 0 Å². The Bertz CT molecular complexity index is 150. The second kappa shape index (κ2) is 2.67. The van der Waals surface area contributed by atoms with Gasteiger partial charge in [-0.1, -0.05) is 0 Å². The van der Waals surface area contributed by atoms with Crippen LogP contribution < -0.4 is 5.73 Å². The second-order valence-electron chi connectivity index (χ2n) is 2.53. The molecule has 1 saturated heterocycles. The van der Waals surface area contributed by atoms with Gasteiger partial charge in [0.15, 0.2) is 6.10 Å². The van der Waals surface area contributed by atoms with Crippen molar-refractivity contribution >= 4 is 0 Å². The zero-order valence-corrected chi connectivity index (χ0v) is 5.71. The summed E-state index contributed by atoms with van der Waals surface area (Å²) in [6.07, 6.45) is -3.96. The lowest BCUT2D eigenvalue weighted by Gasteiger charge is -2.19. The van der Waals surface area contributed by atoms with E-state index >= 15 is 0 Å². The molecule has 1 rings (SSSR count). The van der Waals surface area contributed by atoms with Gasteiger partial charge in [-0.15, -0.1) is 0 Å². The number of rotatable bonds is 1. The van der Waals surface area contributed by atoms with Crippen LogP contribution in [0.1, 0.15) is 0 Å². The van der Waals surface area contributed by atoms with Crippen LogP contribution in [0.2, 0.25) is 0 Å². The highest BCUT2D eigenvalue weighted by Gasteiger charge is 2.50. The molecule has 1 aliphatic heterocycles. The van der Waals surface area contributed by atoms with Gasteiger partial charge in [0.25, 0.3) is 5.91 Å². The maximum atomic E-state index is 9.02. The number of nitrogens with two attached hydrogens (primary N) is 1. The van der Waals surface area contributed by atoms with Gasteiger partial charge in [0.1, 0.15) is 12.2 Å². The fourth-order valence-electron chi connectivity index (χ4n) is 0.975. The third kappa shape index (κ3) is 1.36. The van der Waals surface area contributed by atoms with E-state index in [0.717, 1.165) is 0 Å². The lowest BCUT2D eigenvalue weighted by molar-refractivity contribution is -0.226. The smallest absolute Gasteiger partial charge is 0.252 e. The summed E-state index contributed by atoms with van der Waals surface area (Å²) in [5.74, 6) is -2.26. The third-order valence-corrected chi connectivity index (χ3v) is 1.65. The standard InChI is InChI=1S/C5H11NO5/c6-5(10)4(9)3(8)2(1-7)11-5/h2-4,7-10H,1,6H2/t2-,3-,4-,5?/m1/s1. The summed E-state index contributed by atoms with van der Waals surface area (Å²) in [4.78, 5) is 0. The molecule has 0 spiro atoms. The van der Waals surface area contributed by atoms with Crippen LogP contribution in [-0.2, 0) is 4.74 Å². The van der Waals surface area contributed by atoms with Crippen LogP contribution in [0.5, 0.6) is 0 Å². The van der Waals surface area contributed by atoms with Gasteiger partial charge in [0.05, 0.1) is 6.61 Å². The normalized spacial score (nSPS) is 51.5. The predicted octanol–water partition coefficient (Wildman–Crippen LogP) is -3.30. The van der Waals surface area contributed by atoms with E-state index in [1.54, 1.807) is 0 Å². The van der Waals surface area contributed by atoms with Crippen LogP contribution in [0.3, 0.4) is 0 Å². The summed E-state index contributed by atoms with van der Waals surface area (Å²) in [6.45, 7) is -0.502. The predicted molar refractivity (Wildman–Crippen MR) is 33.1 cm³/mol. The lowest BCUT2D eigenvalue weighted by atomic mass is 10.1. The molecule has 0 aliphatic carbocycles. The molecule has 0 amide bonds. The van der Waals surface area contributed by atoms with Crippen molar-refractivity contribution in [3.05, 3.63) is 0 Å². The molecule has 4 atom stereocenters. The van der Waals surface area contributed by atoms with E-state index in [-0.39, 0.29) is 0 Å². The Hall–Kier alpha value is -0.240.